The summed E-state index contributed by atoms with van der Waals surface area (Å²) in [5.74, 6) is -0.501. The Labute approximate surface area is 144 Å². The van der Waals surface area contributed by atoms with Crippen molar-refractivity contribution >= 4 is 22.5 Å². The summed E-state index contributed by atoms with van der Waals surface area (Å²) in [4.78, 5) is 15.5. The number of hydrogen-bond donors (Lipinski definition) is 3. The third-order valence-electron chi connectivity index (χ3n) is 3.98. The number of anilines is 1. The fourth-order valence-corrected chi connectivity index (χ4v) is 2.68. The number of nitriles is 1. The number of amides is 1. The smallest absolute Gasteiger partial charge is 0.242 e. The number of rotatable bonds is 5. The van der Waals surface area contributed by atoms with Crippen LogP contribution in [0.3, 0.4) is 0 Å². The van der Waals surface area contributed by atoms with Gasteiger partial charge in [0.15, 0.2) is 0 Å². The standard InChI is InChI=1S/C19H17N3O3/c1-25-16-5-6-18-17(9-16)13(11-21-18)7-12(10-20)19(24)22-14-3-2-4-15(23)8-14/h2-6,8-9,11-12,21,23H,7H2,1H3,(H,22,24)/t12-/m0/s1. The number of aromatic amines is 1. The molecule has 0 saturated heterocycles. The zero-order chi connectivity index (χ0) is 17.8. The lowest BCUT2D eigenvalue weighted by atomic mass is 9.99. The van der Waals surface area contributed by atoms with Crippen LogP contribution >= 0.6 is 0 Å². The molecular formula is C19H17N3O3. The fraction of sp³-hybridized carbons (Fsp3) is 0.158. The van der Waals surface area contributed by atoms with Crippen molar-refractivity contribution in [3.8, 4) is 17.6 Å². The number of aromatic nitrogens is 1. The fourth-order valence-electron chi connectivity index (χ4n) is 2.68. The van der Waals surface area contributed by atoms with Crippen LogP contribution in [0.4, 0.5) is 5.69 Å². The summed E-state index contributed by atoms with van der Waals surface area (Å²) in [5.41, 5.74) is 2.23. The topological polar surface area (TPSA) is 98.1 Å². The number of H-pyrrole nitrogens is 1. The molecule has 6 heteroatoms. The molecule has 0 aliphatic rings. The number of fused-ring (bicyclic) bond motifs is 1. The number of hydrogen-bond acceptors (Lipinski definition) is 4. The van der Waals surface area contributed by atoms with Crippen LogP contribution in [0.15, 0.2) is 48.7 Å². The van der Waals surface area contributed by atoms with Crippen molar-refractivity contribution in [2.45, 2.75) is 6.42 Å². The van der Waals surface area contributed by atoms with E-state index >= 15 is 0 Å². The molecule has 1 atom stereocenters. The summed E-state index contributed by atoms with van der Waals surface area (Å²) in [6.45, 7) is 0. The number of nitrogens with one attached hydrogen (secondary N) is 2. The van der Waals surface area contributed by atoms with Crippen molar-refractivity contribution in [1.29, 1.82) is 5.26 Å². The highest BCUT2D eigenvalue weighted by Gasteiger charge is 2.20. The average molecular weight is 335 g/mol. The summed E-state index contributed by atoms with van der Waals surface area (Å²) < 4.78 is 5.23. The van der Waals surface area contributed by atoms with E-state index in [1.165, 1.54) is 12.1 Å². The monoisotopic (exact) mass is 335 g/mol. The van der Waals surface area contributed by atoms with Gasteiger partial charge >= 0.3 is 0 Å². The lowest BCUT2D eigenvalue weighted by Crippen LogP contribution is -2.23. The normalized spacial score (nSPS) is 11.7. The zero-order valence-corrected chi connectivity index (χ0v) is 13.6. The van der Waals surface area contributed by atoms with Gasteiger partial charge in [-0.2, -0.15) is 5.26 Å². The molecule has 0 aliphatic heterocycles. The molecule has 25 heavy (non-hydrogen) atoms. The molecule has 6 nitrogen and oxygen atoms in total. The maximum atomic E-state index is 12.4. The molecule has 0 aliphatic carbocycles. The molecule has 3 N–H and O–H groups in total. The number of carbonyl (C=O) groups is 1. The summed E-state index contributed by atoms with van der Waals surface area (Å²) >= 11 is 0. The van der Waals surface area contributed by atoms with Crippen LogP contribution < -0.4 is 10.1 Å². The van der Waals surface area contributed by atoms with Gasteiger partial charge in [0.2, 0.25) is 5.91 Å². The van der Waals surface area contributed by atoms with E-state index in [1.54, 1.807) is 25.4 Å². The van der Waals surface area contributed by atoms with Gasteiger partial charge in [0.1, 0.15) is 17.4 Å². The van der Waals surface area contributed by atoms with Gasteiger partial charge in [0.05, 0.1) is 13.2 Å². The predicted molar refractivity (Wildman–Crippen MR) is 94.4 cm³/mol. The maximum Gasteiger partial charge on any atom is 0.242 e. The number of benzene rings is 2. The number of methoxy groups -OCH3 is 1. The van der Waals surface area contributed by atoms with E-state index < -0.39 is 11.8 Å². The minimum absolute atomic E-state index is 0.0510. The Kier molecular flexibility index (Phi) is 4.57. The maximum absolute atomic E-state index is 12.4. The second-order valence-corrected chi connectivity index (χ2v) is 5.65. The van der Waals surface area contributed by atoms with E-state index in [0.717, 1.165) is 16.5 Å². The van der Waals surface area contributed by atoms with E-state index in [1.807, 2.05) is 24.3 Å². The summed E-state index contributed by atoms with van der Waals surface area (Å²) in [7, 11) is 1.59. The van der Waals surface area contributed by atoms with Gasteiger partial charge in [-0.1, -0.05) is 6.07 Å². The largest absolute Gasteiger partial charge is 0.508 e. The molecule has 0 fully saturated rings. The molecule has 1 heterocycles. The number of carbonyl (C=O) groups excluding carboxylic acids is 1. The highest BCUT2D eigenvalue weighted by Crippen LogP contribution is 2.26. The van der Waals surface area contributed by atoms with Crippen molar-refractivity contribution in [3.05, 3.63) is 54.2 Å². The van der Waals surface area contributed by atoms with Gasteiger partial charge in [0.25, 0.3) is 0 Å². The number of phenols is 1. The zero-order valence-electron chi connectivity index (χ0n) is 13.6. The third kappa shape index (κ3) is 3.56. The lowest BCUT2D eigenvalue weighted by Gasteiger charge is -2.10. The second-order valence-electron chi connectivity index (χ2n) is 5.65. The molecular weight excluding hydrogens is 318 g/mol. The molecule has 126 valence electrons. The van der Waals surface area contributed by atoms with Crippen LogP contribution in [0, 0.1) is 17.2 Å². The Balaban J connectivity index is 1.80. The third-order valence-corrected chi connectivity index (χ3v) is 3.98. The molecule has 0 bridgehead atoms. The van der Waals surface area contributed by atoms with Gasteiger partial charge in [-0.05, 0) is 42.3 Å². The highest BCUT2D eigenvalue weighted by atomic mass is 16.5. The van der Waals surface area contributed by atoms with E-state index in [4.69, 9.17) is 4.74 Å². The highest BCUT2D eigenvalue weighted by molar-refractivity contribution is 5.95. The van der Waals surface area contributed by atoms with Gasteiger partial charge in [-0.3, -0.25) is 4.79 Å². The molecule has 1 amide bonds. The average Bonchev–Trinajstić information content (AvgIpc) is 3.01. The first-order valence-corrected chi connectivity index (χ1v) is 7.74. The first-order chi connectivity index (χ1) is 12.1. The van der Waals surface area contributed by atoms with Crippen molar-refractivity contribution in [3.63, 3.8) is 0 Å². The Morgan fingerprint density at radius 1 is 1.36 bits per heavy atom. The van der Waals surface area contributed by atoms with Crippen LogP contribution in [0.2, 0.25) is 0 Å². The molecule has 1 aromatic heterocycles. The predicted octanol–water partition coefficient (Wildman–Crippen LogP) is 3.20. The quantitative estimate of drug-likeness (QED) is 0.667. The second kappa shape index (κ2) is 6.97. The van der Waals surface area contributed by atoms with Crippen molar-refractivity contribution < 1.29 is 14.6 Å². The lowest BCUT2D eigenvalue weighted by molar-refractivity contribution is -0.118. The number of nitrogens with zero attached hydrogens (tertiary/aromatic N) is 1. The molecule has 0 radical (unpaired) electrons. The molecule has 3 rings (SSSR count). The molecule has 3 aromatic rings. The van der Waals surface area contributed by atoms with Crippen LogP contribution in [-0.2, 0) is 11.2 Å². The van der Waals surface area contributed by atoms with E-state index in [-0.39, 0.29) is 12.2 Å². The van der Waals surface area contributed by atoms with Crippen molar-refractivity contribution in [2.75, 3.05) is 12.4 Å². The first-order valence-electron chi connectivity index (χ1n) is 7.74. The number of ether oxygens (including phenoxy) is 1. The van der Waals surface area contributed by atoms with E-state index in [2.05, 4.69) is 10.3 Å². The SMILES string of the molecule is COc1ccc2[nH]cc(C[C@@H](C#N)C(=O)Nc3cccc(O)c3)c2c1. The molecule has 2 aromatic carbocycles. The first kappa shape index (κ1) is 16.4. The summed E-state index contributed by atoms with van der Waals surface area (Å²) in [6.07, 6.45) is 2.07. The van der Waals surface area contributed by atoms with Crippen LogP contribution in [0.25, 0.3) is 10.9 Å². The number of phenolic OH excluding ortho intramolecular Hbond substituents is 1. The summed E-state index contributed by atoms with van der Waals surface area (Å²) in [5, 5.41) is 22.5. The van der Waals surface area contributed by atoms with E-state index in [9.17, 15) is 15.2 Å². The minimum atomic E-state index is -0.854. The Bertz CT molecular complexity index is 956. The summed E-state index contributed by atoms with van der Waals surface area (Å²) in [6, 6.07) is 13.9. The van der Waals surface area contributed by atoms with Crippen LogP contribution in [-0.4, -0.2) is 23.1 Å². The Morgan fingerprint density at radius 2 is 2.20 bits per heavy atom. The van der Waals surface area contributed by atoms with Crippen molar-refractivity contribution in [1.82, 2.24) is 4.98 Å². The Morgan fingerprint density at radius 3 is 2.92 bits per heavy atom. The Hall–Kier alpha value is -3.46. The van der Waals surface area contributed by atoms with Gasteiger partial charge in [-0.15, -0.1) is 0 Å². The van der Waals surface area contributed by atoms with Gasteiger partial charge in [0, 0.05) is 28.9 Å². The van der Waals surface area contributed by atoms with Crippen LogP contribution in [0.1, 0.15) is 5.56 Å². The minimum Gasteiger partial charge on any atom is -0.508 e. The molecule has 0 spiro atoms. The van der Waals surface area contributed by atoms with E-state index in [0.29, 0.717) is 11.4 Å². The van der Waals surface area contributed by atoms with Gasteiger partial charge in [-0.25, -0.2) is 0 Å². The molecule has 0 saturated carbocycles. The number of aromatic hydroxyl groups is 1. The molecule has 0 unspecified atom stereocenters. The van der Waals surface area contributed by atoms with Crippen molar-refractivity contribution in [2.24, 2.45) is 5.92 Å². The van der Waals surface area contributed by atoms with Crippen LogP contribution in [0.5, 0.6) is 11.5 Å². The van der Waals surface area contributed by atoms with Gasteiger partial charge < -0.3 is 20.1 Å².